The summed E-state index contributed by atoms with van der Waals surface area (Å²) in [6.45, 7) is 2.13. The van der Waals surface area contributed by atoms with E-state index in [4.69, 9.17) is 16.3 Å². The average molecular weight is 356 g/mol. The number of rotatable bonds is 3. The van der Waals surface area contributed by atoms with E-state index in [9.17, 15) is 4.79 Å². The molecule has 15 heavy (non-hydrogen) atoms. The predicted octanol–water partition coefficient (Wildman–Crippen LogP) is 4.13. The molecule has 0 atom stereocenters. The van der Waals surface area contributed by atoms with Crippen molar-refractivity contribution in [2.45, 2.75) is 12.8 Å². The van der Waals surface area contributed by atoms with E-state index in [1.165, 1.54) is 0 Å². The highest BCUT2D eigenvalue weighted by atomic mass is 79.9. The van der Waals surface area contributed by atoms with Gasteiger partial charge in [-0.3, -0.25) is 0 Å². The number of esters is 1. The number of hydrogen-bond acceptors (Lipinski definition) is 2. The highest BCUT2D eigenvalue weighted by Gasteiger charge is 2.16. The molecule has 0 aliphatic carbocycles. The van der Waals surface area contributed by atoms with Crippen LogP contribution >= 0.6 is 43.5 Å². The van der Waals surface area contributed by atoms with Gasteiger partial charge in [0, 0.05) is 14.8 Å². The van der Waals surface area contributed by atoms with Crippen molar-refractivity contribution in [1.82, 2.24) is 0 Å². The Bertz CT molecular complexity index is 357. The van der Waals surface area contributed by atoms with Gasteiger partial charge in [0.15, 0.2) is 0 Å². The number of halogens is 3. The molecule has 0 heterocycles. The van der Waals surface area contributed by atoms with E-state index in [-0.39, 0.29) is 5.97 Å². The van der Waals surface area contributed by atoms with Crippen molar-refractivity contribution in [3.8, 4) is 0 Å². The zero-order valence-corrected chi connectivity index (χ0v) is 11.9. The highest BCUT2D eigenvalue weighted by molar-refractivity contribution is 9.11. The molecule has 82 valence electrons. The molecule has 0 radical (unpaired) electrons. The highest BCUT2D eigenvalue weighted by Crippen LogP contribution is 2.28. The van der Waals surface area contributed by atoms with Crippen molar-refractivity contribution in [1.29, 1.82) is 0 Å². The minimum atomic E-state index is -0.350. The molecule has 1 aromatic rings. The van der Waals surface area contributed by atoms with Gasteiger partial charge in [-0.25, -0.2) is 4.79 Å². The molecular formula is C10H9Br2ClO2. The van der Waals surface area contributed by atoms with Crippen molar-refractivity contribution >= 4 is 49.4 Å². The van der Waals surface area contributed by atoms with Crippen LogP contribution in [-0.4, -0.2) is 12.6 Å². The monoisotopic (exact) mass is 354 g/mol. The summed E-state index contributed by atoms with van der Waals surface area (Å²) in [5.74, 6) is 0.0534. The Morgan fingerprint density at radius 2 is 1.93 bits per heavy atom. The smallest absolute Gasteiger partial charge is 0.340 e. The zero-order valence-electron chi connectivity index (χ0n) is 8.02. The Morgan fingerprint density at radius 3 is 2.33 bits per heavy atom. The molecule has 0 aliphatic heterocycles. The molecule has 0 saturated heterocycles. The second kappa shape index (κ2) is 5.87. The van der Waals surface area contributed by atoms with Crippen LogP contribution < -0.4 is 0 Å². The minimum absolute atomic E-state index is 0.350. The van der Waals surface area contributed by atoms with Crippen LogP contribution in [0.3, 0.4) is 0 Å². The molecule has 0 aromatic heterocycles. The summed E-state index contributed by atoms with van der Waals surface area (Å²) >= 11 is 12.3. The molecule has 0 fully saturated rings. The second-order valence-electron chi connectivity index (χ2n) is 2.79. The quantitative estimate of drug-likeness (QED) is 0.601. The molecule has 2 nitrogen and oxygen atoms in total. The topological polar surface area (TPSA) is 26.3 Å². The lowest BCUT2D eigenvalue weighted by atomic mass is 10.1. The molecule has 5 heteroatoms. The molecule has 0 amide bonds. The largest absolute Gasteiger partial charge is 0.462 e. The number of benzene rings is 1. The van der Waals surface area contributed by atoms with Gasteiger partial charge in [-0.1, -0.05) is 0 Å². The predicted molar refractivity (Wildman–Crippen MR) is 67.4 cm³/mol. The van der Waals surface area contributed by atoms with Crippen LogP contribution in [0.1, 0.15) is 22.8 Å². The van der Waals surface area contributed by atoms with Crippen LogP contribution in [-0.2, 0) is 10.6 Å². The Kier molecular flexibility index (Phi) is 5.09. The van der Waals surface area contributed by atoms with Gasteiger partial charge < -0.3 is 4.74 Å². The molecule has 0 saturated carbocycles. The van der Waals surface area contributed by atoms with Gasteiger partial charge in [0.1, 0.15) is 0 Å². The zero-order chi connectivity index (χ0) is 11.4. The van der Waals surface area contributed by atoms with Gasteiger partial charge in [0.05, 0.1) is 12.2 Å². The molecule has 0 N–H and O–H groups in total. The van der Waals surface area contributed by atoms with Gasteiger partial charge in [-0.05, 0) is 56.5 Å². The van der Waals surface area contributed by atoms with Crippen molar-refractivity contribution in [2.24, 2.45) is 0 Å². The molecular weight excluding hydrogens is 347 g/mol. The van der Waals surface area contributed by atoms with Gasteiger partial charge in [0.2, 0.25) is 0 Å². The Morgan fingerprint density at radius 1 is 1.40 bits per heavy atom. The third-order valence-corrected chi connectivity index (χ3v) is 3.30. The molecule has 0 bridgehead atoms. The van der Waals surface area contributed by atoms with E-state index in [1.54, 1.807) is 6.92 Å². The summed E-state index contributed by atoms with van der Waals surface area (Å²) < 4.78 is 6.30. The van der Waals surface area contributed by atoms with Crippen LogP contribution in [0.25, 0.3) is 0 Å². The van der Waals surface area contributed by atoms with Crippen molar-refractivity contribution in [3.63, 3.8) is 0 Å². The maximum Gasteiger partial charge on any atom is 0.340 e. The molecule has 0 spiro atoms. The van der Waals surface area contributed by atoms with Crippen molar-refractivity contribution in [3.05, 3.63) is 32.2 Å². The fraction of sp³-hybridized carbons (Fsp3) is 0.300. The van der Waals surface area contributed by atoms with E-state index in [1.807, 2.05) is 12.1 Å². The van der Waals surface area contributed by atoms with E-state index in [0.29, 0.717) is 27.0 Å². The van der Waals surface area contributed by atoms with Crippen LogP contribution in [0.5, 0.6) is 0 Å². The first-order valence-electron chi connectivity index (χ1n) is 4.31. The van der Waals surface area contributed by atoms with E-state index >= 15 is 0 Å². The van der Waals surface area contributed by atoms with E-state index < -0.39 is 0 Å². The fourth-order valence-corrected chi connectivity index (χ4v) is 2.86. The normalized spacial score (nSPS) is 10.1. The lowest BCUT2D eigenvalue weighted by Gasteiger charge is -2.08. The average Bonchev–Trinajstić information content (AvgIpc) is 2.16. The first-order valence-corrected chi connectivity index (χ1v) is 6.43. The van der Waals surface area contributed by atoms with Gasteiger partial charge in [-0.15, -0.1) is 11.6 Å². The first kappa shape index (κ1) is 13.0. The summed E-state index contributed by atoms with van der Waals surface area (Å²) in [4.78, 5) is 11.6. The molecule has 1 rings (SSSR count). The van der Waals surface area contributed by atoms with Gasteiger partial charge >= 0.3 is 5.97 Å². The van der Waals surface area contributed by atoms with Crippen LogP contribution in [0.15, 0.2) is 21.1 Å². The van der Waals surface area contributed by atoms with E-state index in [0.717, 1.165) is 5.56 Å². The maximum atomic E-state index is 11.6. The van der Waals surface area contributed by atoms with Crippen LogP contribution in [0, 0.1) is 0 Å². The van der Waals surface area contributed by atoms with Gasteiger partial charge in [0.25, 0.3) is 0 Å². The number of ether oxygens (including phenoxy) is 1. The lowest BCUT2D eigenvalue weighted by molar-refractivity contribution is 0.0524. The Hall–Kier alpha value is -0.0600. The minimum Gasteiger partial charge on any atom is -0.462 e. The summed E-state index contributed by atoms with van der Waals surface area (Å²) in [5, 5.41) is 0. The van der Waals surface area contributed by atoms with Crippen molar-refractivity contribution < 1.29 is 9.53 Å². The second-order valence-corrected chi connectivity index (χ2v) is 4.76. The molecule has 0 aliphatic rings. The number of hydrogen-bond donors (Lipinski definition) is 0. The van der Waals surface area contributed by atoms with Crippen LogP contribution in [0.2, 0.25) is 0 Å². The number of alkyl halides is 1. The maximum absolute atomic E-state index is 11.6. The van der Waals surface area contributed by atoms with Crippen LogP contribution in [0.4, 0.5) is 0 Å². The van der Waals surface area contributed by atoms with Crippen molar-refractivity contribution in [2.75, 3.05) is 6.61 Å². The summed E-state index contributed by atoms with van der Waals surface area (Å²) in [5.41, 5.74) is 1.43. The number of carbonyl (C=O) groups excluding carboxylic acids is 1. The molecule has 1 aromatic carbocycles. The third kappa shape index (κ3) is 3.20. The standard InChI is InChI=1S/C10H9Br2ClO2/c1-2-15-10(14)9-7(11)3-6(5-13)4-8(9)12/h3-4H,2,5H2,1H3. The third-order valence-electron chi connectivity index (χ3n) is 1.74. The van der Waals surface area contributed by atoms with Gasteiger partial charge in [-0.2, -0.15) is 0 Å². The summed E-state index contributed by atoms with van der Waals surface area (Å²) in [6.07, 6.45) is 0. The summed E-state index contributed by atoms with van der Waals surface area (Å²) in [7, 11) is 0. The van der Waals surface area contributed by atoms with E-state index in [2.05, 4.69) is 31.9 Å². The summed E-state index contributed by atoms with van der Waals surface area (Å²) in [6, 6.07) is 3.62. The SMILES string of the molecule is CCOC(=O)c1c(Br)cc(CCl)cc1Br. The Balaban J connectivity index is 3.13. The molecule has 0 unspecified atom stereocenters. The Labute approximate surface area is 110 Å². The first-order chi connectivity index (χ1) is 7.10. The number of carbonyl (C=O) groups is 1. The lowest BCUT2D eigenvalue weighted by Crippen LogP contribution is -2.07. The fourth-order valence-electron chi connectivity index (χ4n) is 1.10.